The van der Waals surface area contributed by atoms with Crippen LogP contribution in [0.2, 0.25) is 0 Å². The second kappa shape index (κ2) is 4.09. The largest absolute Gasteiger partial charge is 0.267 e. The average molecular weight is 243 g/mol. The minimum Gasteiger partial charge on any atom is -0.267 e. The van der Waals surface area contributed by atoms with Crippen LogP contribution in [0, 0.1) is 0 Å². The number of nitrogens with zero attached hydrogens (tertiary/aromatic N) is 2. The number of allylic oxidation sites excluding steroid dienone is 1. The van der Waals surface area contributed by atoms with Crippen molar-refractivity contribution in [2.45, 2.75) is 26.3 Å². The molecule has 0 radical (unpaired) electrons. The molecule has 0 aliphatic carbocycles. The van der Waals surface area contributed by atoms with Crippen LogP contribution in [-0.2, 0) is 5.54 Å². The Morgan fingerprint density at radius 1 is 1.54 bits per heavy atom. The molecule has 0 N–H and O–H groups in total. The van der Waals surface area contributed by atoms with Crippen LogP contribution in [0.3, 0.4) is 0 Å². The first kappa shape index (κ1) is 10.5. The number of aromatic nitrogens is 2. The van der Waals surface area contributed by atoms with Gasteiger partial charge >= 0.3 is 0 Å². The van der Waals surface area contributed by atoms with Crippen molar-refractivity contribution in [1.82, 2.24) is 9.78 Å². The van der Waals surface area contributed by atoms with E-state index in [1.54, 1.807) is 0 Å². The molecule has 2 nitrogen and oxygen atoms in total. The normalized spacial score (nSPS) is 12.6. The van der Waals surface area contributed by atoms with E-state index in [0.29, 0.717) is 0 Å². The van der Waals surface area contributed by atoms with Gasteiger partial charge in [0.05, 0.1) is 11.7 Å². The number of rotatable bonds is 2. The maximum atomic E-state index is 4.29. The summed E-state index contributed by atoms with van der Waals surface area (Å²) >= 11 is 3.34. The summed E-state index contributed by atoms with van der Waals surface area (Å²) in [5.74, 6) is 0. The smallest absolute Gasteiger partial charge is 0.0562 e. The molecular formula is C10H15BrN2. The highest BCUT2D eigenvalue weighted by Gasteiger charge is 2.12. The van der Waals surface area contributed by atoms with Gasteiger partial charge in [0.15, 0.2) is 0 Å². The first-order valence-electron chi connectivity index (χ1n) is 4.31. The van der Waals surface area contributed by atoms with E-state index in [4.69, 9.17) is 0 Å². The molecule has 0 unspecified atom stereocenters. The van der Waals surface area contributed by atoms with Crippen molar-refractivity contribution < 1.29 is 0 Å². The third-order valence-electron chi connectivity index (χ3n) is 1.69. The van der Waals surface area contributed by atoms with Crippen molar-refractivity contribution >= 4 is 22.0 Å². The lowest BCUT2D eigenvalue weighted by Gasteiger charge is -2.18. The van der Waals surface area contributed by atoms with Crippen molar-refractivity contribution in [2.75, 3.05) is 5.33 Å². The zero-order valence-electron chi connectivity index (χ0n) is 8.29. The molecule has 3 heteroatoms. The molecule has 1 rings (SSSR count). The van der Waals surface area contributed by atoms with Crippen molar-refractivity contribution in [2.24, 2.45) is 0 Å². The SMILES string of the molecule is CC(C)(C)n1cc(C=CCBr)cn1. The van der Waals surface area contributed by atoms with Crippen LogP contribution < -0.4 is 0 Å². The predicted octanol–water partition coefficient (Wildman–Crippen LogP) is 3.05. The summed E-state index contributed by atoms with van der Waals surface area (Å²) in [7, 11) is 0. The topological polar surface area (TPSA) is 17.8 Å². The van der Waals surface area contributed by atoms with Crippen molar-refractivity contribution in [3.63, 3.8) is 0 Å². The van der Waals surface area contributed by atoms with Crippen molar-refractivity contribution in [3.05, 3.63) is 24.0 Å². The van der Waals surface area contributed by atoms with Gasteiger partial charge in [-0.3, -0.25) is 4.68 Å². The lowest BCUT2D eigenvalue weighted by atomic mass is 10.1. The van der Waals surface area contributed by atoms with Crippen LogP contribution in [-0.4, -0.2) is 15.1 Å². The Hall–Kier alpha value is -0.570. The molecule has 1 aromatic rings. The molecule has 0 atom stereocenters. The quantitative estimate of drug-likeness (QED) is 0.730. The predicted molar refractivity (Wildman–Crippen MR) is 60.1 cm³/mol. The summed E-state index contributed by atoms with van der Waals surface area (Å²) in [6.07, 6.45) is 8.05. The van der Waals surface area contributed by atoms with Crippen molar-refractivity contribution in [3.8, 4) is 0 Å². The molecule has 0 bridgehead atoms. The van der Waals surface area contributed by atoms with Gasteiger partial charge in [-0.25, -0.2) is 0 Å². The molecule has 0 aliphatic heterocycles. The maximum absolute atomic E-state index is 4.29. The molecule has 0 fully saturated rings. The van der Waals surface area contributed by atoms with E-state index in [2.05, 4.69) is 60.1 Å². The average Bonchev–Trinajstić information content (AvgIpc) is 2.47. The van der Waals surface area contributed by atoms with Gasteiger partial charge in [-0.05, 0) is 20.8 Å². The highest BCUT2D eigenvalue weighted by atomic mass is 79.9. The number of hydrogen-bond donors (Lipinski definition) is 0. The molecule has 72 valence electrons. The van der Waals surface area contributed by atoms with Crippen LogP contribution in [0.15, 0.2) is 18.5 Å². The Morgan fingerprint density at radius 3 is 2.69 bits per heavy atom. The highest BCUT2D eigenvalue weighted by Crippen LogP contribution is 2.13. The van der Waals surface area contributed by atoms with E-state index in [-0.39, 0.29) is 5.54 Å². The second-order valence-electron chi connectivity index (χ2n) is 3.95. The van der Waals surface area contributed by atoms with Crippen molar-refractivity contribution in [1.29, 1.82) is 0 Å². The van der Waals surface area contributed by atoms with Gasteiger partial charge in [0.2, 0.25) is 0 Å². The zero-order valence-corrected chi connectivity index (χ0v) is 9.87. The van der Waals surface area contributed by atoms with Gasteiger partial charge in [0.1, 0.15) is 0 Å². The van der Waals surface area contributed by atoms with Gasteiger partial charge in [-0.15, -0.1) is 0 Å². The van der Waals surface area contributed by atoms with E-state index < -0.39 is 0 Å². The summed E-state index contributed by atoms with van der Waals surface area (Å²) < 4.78 is 1.97. The Morgan fingerprint density at radius 2 is 2.23 bits per heavy atom. The molecule has 0 aromatic carbocycles. The van der Waals surface area contributed by atoms with Gasteiger partial charge in [-0.1, -0.05) is 28.1 Å². The molecule has 1 heterocycles. The van der Waals surface area contributed by atoms with E-state index >= 15 is 0 Å². The molecular weight excluding hydrogens is 228 g/mol. The fraction of sp³-hybridized carbons (Fsp3) is 0.500. The molecule has 0 saturated carbocycles. The Bertz CT molecular complexity index is 294. The molecule has 13 heavy (non-hydrogen) atoms. The second-order valence-corrected chi connectivity index (χ2v) is 4.59. The number of halogens is 1. The fourth-order valence-corrected chi connectivity index (χ4v) is 1.16. The molecule has 0 saturated heterocycles. The van der Waals surface area contributed by atoms with E-state index in [0.717, 1.165) is 10.9 Å². The standard InChI is InChI=1S/C10H15BrN2/c1-10(2,3)13-8-9(7-12-13)5-4-6-11/h4-5,7-8H,6H2,1-3H3. The third kappa shape index (κ3) is 2.99. The van der Waals surface area contributed by atoms with Crippen LogP contribution in [0.1, 0.15) is 26.3 Å². The minimum absolute atomic E-state index is 0.0699. The maximum Gasteiger partial charge on any atom is 0.0562 e. The summed E-state index contributed by atoms with van der Waals surface area (Å²) in [5, 5.41) is 5.17. The Kier molecular flexibility index (Phi) is 3.31. The van der Waals surface area contributed by atoms with E-state index in [1.165, 1.54) is 0 Å². The van der Waals surface area contributed by atoms with Crippen LogP contribution >= 0.6 is 15.9 Å². The summed E-state index contributed by atoms with van der Waals surface area (Å²) in [6.45, 7) is 6.41. The zero-order chi connectivity index (χ0) is 9.90. The number of hydrogen-bond acceptors (Lipinski definition) is 1. The van der Waals surface area contributed by atoms with Gasteiger partial charge in [-0.2, -0.15) is 5.10 Å². The number of alkyl halides is 1. The lowest BCUT2D eigenvalue weighted by molar-refractivity contribution is 0.355. The lowest BCUT2D eigenvalue weighted by Crippen LogP contribution is -2.21. The van der Waals surface area contributed by atoms with Crippen LogP contribution in [0.5, 0.6) is 0 Å². The summed E-state index contributed by atoms with van der Waals surface area (Å²) in [6, 6.07) is 0. The molecule has 0 aliphatic rings. The minimum atomic E-state index is 0.0699. The van der Waals surface area contributed by atoms with Gasteiger partial charge < -0.3 is 0 Å². The molecule has 0 spiro atoms. The summed E-state index contributed by atoms with van der Waals surface area (Å²) in [5.41, 5.74) is 1.22. The first-order valence-corrected chi connectivity index (χ1v) is 5.44. The molecule has 1 aromatic heterocycles. The summed E-state index contributed by atoms with van der Waals surface area (Å²) in [4.78, 5) is 0. The Labute approximate surface area is 87.8 Å². The third-order valence-corrected chi connectivity index (χ3v) is 2.06. The monoisotopic (exact) mass is 242 g/mol. The first-order chi connectivity index (χ1) is 6.04. The van der Waals surface area contributed by atoms with E-state index in [9.17, 15) is 0 Å². The van der Waals surface area contributed by atoms with Crippen LogP contribution in [0.4, 0.5) is 0 Å². The van der Waals surface area contributed by atoms with Gasteiger partial charge in [0.25, 0.3) is 0 Å². The highest BCUT2D eigenvalue weighted by molar-refractivity contribution is 9.09. The Balaban J connectivity index is 2.81. The fourth-order valence-electron chi connectivity index (χ4n) is 0.970. The van der Waals surface area contributed by atoms with Gasteiger partial charge in [0, 0.05) is 17.1 Å². The van der Waals surface area contributed by atoms with Crippen LogP contribution in [0.25, 0.3) is 6.08 Å². The van der Waals surface area contributed by atoms with E-state index in [1.807, 2.05) is 10.9 Å². The molecule has 0 amide bonds.